The monoisotopic (exact) mass is 935 g/mol. The number of quaternary nitrogens is 1. The number of carboxylic acid groups (broad SMARTS) is 1. The summed E-state index contributed by atoms with van der Waals surface area (Å²) < 4.78 is 17.4. The summed E-state index contributed by atoms with van der Waals surface area (Å²) >= 11 is 0. The first-order valence-corrected chi connectivity index (χ1v) is 28.7. The summed E-state index contributed by atoms with van der Waals surface area (Å²) in [5, 5.41) is 9.67. The molecule has 0 fully saturated rings. The number of likely N-dealkylation sites (N-methyl/N-ethyl adjacent to an activating group) is 1. The number of unbranched alkanes of at least 4 members (excludes halogenated alkanes) is 37. The van der Waals surface area contributed by atoms with Crippen molar-refractivity contribution < 1.29 is 38.2 Å². The quantitative estimate of drug-likeness (QED) is 0.0281. The standard InChI is InChI=1S/C58H111NO7/c1-6-8-10-12-14-16-18-20-22-24-26-28-29-31-32-34-36-38-40-42-44-46-48-56(60)65-53-54(52-64-51-50-55(58(62)63)59(3,4)5)66-57(61)49-47-45-43-41-39-37-35-33-30-27-25-23-21-19-17-15-13-11-9-7-2/h29,31,54-55H,6-28,30,32-53H2,1-5H3/p+1/b31-29+. The first-order valence-electron chi connectivity index (χ1n) is 28.7. The van der Waals surface area contributed by atoms with Crippen LogP contribution < -0.4 is 0 Å². The number of rotatable bonds is 53. The summed E-state index contributed by atoms with van der Waals surface area (Å²) in [4.78, 5) is 37.3. The van der Waals surface area contributed by atoms with Crippen LogP contribution in [0.5, 0.6) is 0 Å². The second-order valence-electron chi connectivity index (χ2n) is 20.9. The van der Waals surface area contributed by atoms with E-state index in [1.54, 1.807) is 0 Å². The van der Waals surface area contributed by atoms with E-state index in [4.69, 9.17) is 14.2 Å². The van der Waals surface area contributed by atoms with Crippen LogP contribution in [-0.2, 0) is 28.6 Å². The number of carbonyl (C=O) groups is 3. The lowest BCUT2D eigenvalue weighted by Crippen LogP contribution is -2.50. The van der Waals surface area contributed by atoms with E-state index in [9.17, 15) is 19.5 Å². The lowest BCUT2D eigenvalue weighted by Gasteiger charge is -2.31. The second kappa shape index (κ2) is 49.5. The maximum absolute atomic E-state index is 12.8. The first kappa shape index (κ1) is 64.1. The molecule has 0 saturated heterocycles. The number of aliphatic carboxylic acids is 1. The van der Waals surface area contributed by atoms with Gasteiger partial charge in [0.1, 0.15) is 6.61 Å². The van der Waals surface area contributed by atoms with Crippen molar-refractivity contribution in [1.29, 1.82) is 0 Å². The van der Waals surface area contributed by atoms with Crippen molar-refractivity contribution in [3.8, 4) is 0 Å². The molecule has 0 aliphatic rings. The van der Waals surface area contributed by atoms with Gasteiger partial charge in [0, 0.05) is 19.3 Å². The van der Waals surface area contributed by atoms with Crippen LogP contribution >= 0.6 is 0 Å². The Morgan fingerprint density at radius 3 is 1.09 bits per heavy atom. The number of allylic oxidation sites excluding steroid dienone is 2. The molecule has 8 heteroatoms. The number of hydrogen-bond donors (Lipinski definition) is 1. The molecule has 0 amide bonds. The number of esters is 2. The Morgan fingerprint density at radius 1 is 0.439 bits per heavy atom. The van der Waals surface area contributed by atoms with E-state index >= 15 is 0 Å². The minimum absolute atomic E-state index is 0.0464. The fraction of sp³-hybridized carbons (Fsp3) is 0.914. The zero-order valence-electron chi connectivity index (χ0n) is 44.7. The van der Waals surface area contributed by atoms with Crippen molar-refractivity contribution in [1.82, 2.24) is 0 Å². The fourth-order valence-electron chi connectivity index (χ4n) is 8.97. The van der Waals surface area contributed by atoms with Crippen molar-refractivity contribution in [3.05, 3.63) is 12.2 Å². The van der Waals surface area contributed by atoms with Crippen molar-refractivity contribution in [2.45, 2.75) is 302 Å². The Morgan fingerprint density at radius 2 is 0.758 bits per heavy atom. The molecule has 0 bridgehead atoms. The zero-order valence-corrected chi connectivity index (χ0v) is 44.7. The molecule has 8 nitrogen and oxygen atoms in total. The maximum Gasteiger partial charge on any atom is 0.362 e. The molecule has 0 aromatic heterocycles. The molecular formula is C58H112NO7+. The Hall–Kier alpha value is -1.93. The Balaban J connectivity index is 4.14. The third-order valence-electron chi connectivity index (χ3n) is 13.4. The molecule has 2 atom stereocenters. The van der Waals surface area contributed by atoms with Crippen LogP contribution in [0.3, 0.4) is 0 Å². The third kappa shape index (κ3) is 47.1. The van der Waals surface area contributed by atoms with E-state index in [0.717, 1.165) is 38.5 Å². The number of hydrogen-bond acceptors (Lipinski definition) is 6. The highest BCUT2D eigenvalue weighted by Gasteiger charge is 2.31. The van der Waals surface area contributed by atoms with E-state index in [1.165, 1.54) is 218 Å². The van der Waals surface area contributed by atoms with Crippen LogP contribution in [0.2, 0.25) is 0 Å². The summed E-state index contributed by atoms with van der Waals surface area (Å²) in [6.45, 7) is 4.80. The lowest BCUT2D eigenvalue weighted by atomic mass is 10.0. The van der Waals surface area contributed by atoms with Gasteiger partial charge in [-0.15, -0.1) is 0 Å². The third-order valence-corrected chi connectivity index (χ3v) is 13.4. The van der Waals surface area contributed by atoms with E-state index < -0.39 is 18.1 Å². The van der Waals surface area contributed by atoms with Gasteiger partial charge in [0.15, 0.2) is 12.1 Å². The molecule has 0 heterocycles. The SMILES string of the molecule is CCCCCCCCCCCCC/C=C/CCCCCCCCCC(=O)OCC(COCCC(C(=O)O)[N+](C)(C)C)OC(=O)CCCCCCCCCCCCCCCCCCCCCC. The van der Waals surface area contributed by atoms with Gasteiger partial charge in [-0.2, -0.15) is 0 Å². The molecule has 66 heavy (non-hydrogen) atoms. The van der Waals surface area contributed by atoms with Crippen LogP contribution in [0, 0.1) is 0 Å². The minimum atomic E-state index is -0.870. The molecule has 0 aliphatic heterocycles. The first-order chi connectivity index (χ1) is 32.1. The normalized spacial score (nSPS) is 12.8. The highest BCUT2D eigenvalue weighted by atomic mass is 16.6. The number of carboxylic acids is 1. The summed E-state index contributed by atoms with van der Waals surface area (Å²) in [6, 6.07) is -0.612. The predicted molar refractivity (Wildman–Crippen MR) is 280 cm³/mol. The highest BCUT2D eigenvalue weighted by molar-refractivity contribution is 5.72. The molecule has 0 spiro atoms. The summed E-state index contributed by atoms with van der Waals surface area (Å²) in [5.74, 6) is -1.45. The van der Waals surface area contributed by atoms with Crippen LogP contribution in [0.4, 0.5) is 0 Å². The Bertz CT molecular complexity index is 1090. The van der Waals surface area contributed by atoms with E-state index in [-0.39, 0.29) is 36.2 Å². The van der Waals surface area contributed by atoms with Gasteiger partial charge in [0.25, 0.3) is 0 Å². The fourth-order valence-corrected chi connectivity index (χ4v) is 8.97. The minimum Gasteiger partial charge on any atom is -0.477 e. The van der Waals surface area contributed by atoms with Crippen LogP contribution in [-0.4, -0.2) is 80.6 Å². The average Bonchev–Trinajstić information content (AvgIpc) is 3.28. The largest absolute Gasteiger partial charge is 0.477 e. The predicted octanol–water partition coefficient (Wildman–Crippen LogP) is 17.0. The van der Waals surface area contributed by atoms with Crippen molar-refractivity contribution in [3.63, 3.8) is 0 Å². The Kier molecular flexibility index (Phi) is 48.0. The molecule has 0 aliphatic carbocycles. The van der Waals surface area contributed by atoms with Crippen LogP contribution in [0.1, 0.15) is 290 Å². The van der Waals surface area contributed by atoms with Crippen LogP contribution in [0.25, 0.3) is 0 Å². The van der Waals surface area contributed by atoms with E-state index in [2.05, 4.69) is 26.0 Å². The topological polar surface area (TPSA) is 99.1 Å². The number of carbonyl (C=O) groups excluding carboxylic acids is 2. The maximum atomic E-state index is 12.8. The highest BCUT2D eigenvalue weighted by Crippen LogP contribution is 2.17. The molecule has 0 aromatic rings. The van der Waals surface area contributed by atoms with Gasteiger partial charge in [-0.05, 0) is 38.5 Å². The van der Waals surface area contributed by atoms with Gasteiger partial charge in [-0.25, -0.2) is 4.79 Å². The van der Waals surface area contributed by atoms with Gasteiger partial charge in [-0.1, -0.05) is 244 Å². The molecular weight excluding hydrogens is 823 g/mol. The van der Waals surface area contributed by atoms with Crippen molar-refractivity contribution in [2.75, 3.05) is 41.0 Å². The Labute approximate surface area is 409 Å². The molecule has 0 rings (SSSR count). The number of ether oxygens (including phenoxy) is 3. The number of nitrogens with zero attached hydrogens (tertiary/aromatic N) is 1. The molecule has 1 N–H and O–H groups in total. The summed E-state index contributed by atoms with van der Waals surface area (Å²) in [5.41, 5.74) is 0. The van der Waals surface area contributed by atoms with Gasteiger partial charge in [-0.3, -0.25) is 9.59 Å². The summed E-state index contributed by atoms with van der Waals surface area (Å²) in [7, 11) is 5.55. The molecule has 0 saturated carbocycles. The molecule has 0 radical (unpaired) electrons. The zero-order chi connectivity index (χ0) is 48.4. The van der Waals surface area contributed by atoms with Crippen molar-refractivity contribution in [2.24, 2.45) is 0 Å². The smallest absolute Gasteiger partial charge is 0.362 e. The lowest BCUT2D eigenvalue weighted by molar-refractivity contribution is -0.887. The molecule has 390 valence electrons. The van der Waals surface area contributed by atoms with Crippen molar-refractivity contribution >= 4 is 17.9 Å². The average molecular weight is 936 g/mol. The van der Waals surface area contributed by atoms with Gasteiger partial charge < -0.3 is 23.8 Å². The molecule has 2 unspecified atom stereocenters. The van der Waals surface area contributed by atoms with E-state index in [0.29, 0.717) is 19.3 Å². The van der Waals surface area contributed by atoms with E-state index in [1.807, 2.05) is 21.1 Å². The van der Waals surface area contributed by atoms with Crippen LogP contribution in [0.15, 0.2) is 12.2 Å². The van der Waals surface area contributed by atoms with Gasteiger partial charge >= 0.3 is 17.9 Å². The molecule has 0 aromatic carbocycles. The second-order valence-corrected chi connectivity index (χ2v) is 20.9. The van der Waals surface area contributed by atoms with Gasteiger partial charge in [0.05, 0.1) is 34.4 Å². The summed E-state index contributed by atoms with van der Waals surface area (Å²) in [6.07, 6.45) is 57.0. The van der Waals surface area contributed by atoms with Gasteiger partial charge in [0.2, 0.25) is 0 Å².